The first kappa shape index (κ1) is 16.2. The van der Waals surface area contributed by atoms with Gasteiger partial charge in [0, 0.05) is 18.3 Å². The van der Waals surface area contributed by atoms with Gasteiger partial charge in [0.25, 0.3) is 0 Å². The molecule has 2 aromatic heterocycles. The van der Waals surface area contributed by atoms with Crippen molar-refractivity contribution >= 4 is 33.5 Å². The van der Waals surface area contributed by atoms with Crippen molar-refractivity contribution in [1.29, 1.82) is 0 Å². The van der Waals surface area contributed by atoms with E-state index in [1.807, 2.05) is 12.1 Å². The number of rotatable bonds is 7. The molecule has 0 unspecified atom stereocenters. The molecule has 2 heterocycles. The summed E-state index contributed by atoms with van der Waals surface area (Å²) in [6.45, 7) is 5.24. The van der Waals surface area contributed by atoms with Crippen molar-refractivity contribution in [2.24, 2.45) is 0 Å². The van der Waals surface area contributed by atoms with Gasteiger partial charge >= 0.3 is 0 Å². The van der Waals surface area contributed by atoms with Crippen LogP contribution < -0.4 is 5.32 Å². The molecule has 6 heteroatoms. The number of hydrogen-bond donors (Lipinski definition) is 1. The summed E-state index contributed by atoms with van der Waals surface area (Å²) < 4.78 is 0.985. The average molecular weight is 367 g/mol. The summed E-state index contributed by atoms with van der Waals surface area (Å²) in [6.07, 6.45) is 6.51. The maximum Gasteiger partial charge on any atom is 0.133 e. The molecule has 0 radical (unpaired) electrons. The lowest BCUT2D eigenvalue weighted by atomic mass is 10.2. The van der Waals surface area contributed by atoms with Crippen LogP contribution in [-0.4, -0.2) is 21.5 Å². The molecule has 0 aliphatic heterocycles. The lowest BCUT2D eigenvalue weighted by molar-refractivity contribution is 0.847. The van der Waals surface area contributed by atoms with Crippen LogP contribution in [0.2, 0.25) is 0 Å². The highest BCUT2D eigenvalue weighted by atomic mass is 79.9. The fraction of sp³-hybridized carbons (Fsp3) is 0.400. The molecule has 0 aliphatic rings. The molecule has 0 aliphatic carbocycles. The molecule has 2 aromatic rings. The lowest BCUT2D eigenvalue weighted by Gasteiger charge is -2.13. The summed E-state index contributed by atoms with van der Waals surface area (Å²) in [6, 6.07) is 3.90. The number of anilines is 1. The van der Waals surface area contributed by atoms with Crippen LogP contribution >= 0.6 is 27.7 Å². The van der Waals surface area contributed by atoms with Crippen molar-refractivity contribution in [2.75, 3.05) is 11.9 Å². The number of aromatic nitrogens is 3. The Kier molecular flexibility index (Phi) is 6.45. The van der Waals surface area contributed by atoms with Gasteiger partial charge in [0.15, 0.2) is 0 Å². The topological polar surface area (TPSA) is 50.7 Å². The summed E-state index contributed by atoms with van der Waals surface area (Å²) in [5.41, 5.74) is 1.18. The molecule has 0 saturated carbocycles. The third-order valence-electron chi connectivity index (χ3n) is 2.87. The zero-order valence-electron chi connectivity index (χ0n) is 12.3. The lowest BCUT2D eigenvalue weighted by Crippen LogP contribution is -2.07. The van der Waals surface area contributed by atoms with Crippen molar-refractivity contribution in [3.8, 4) is 0 Å². The molecule has 0 atom stereocenters. The van der Waals surface area contributed by atoms with Crippen LogP contribution in [0.1, 0.15) is 32.3 Å². The number of nitrogens with one attached hydrogen (secondary N) is 1. The SMILES string of the molecule is CCCNc1ncnc(Sc2ncccc2Br)c1CCC. The van der Waals surface area contributed by atoms with Gasteiger partial charge < -0.3 is 5.32 Å². The predicted octanol–water partition coefficient (Wildman–Crippen LogP) is 4.56. The second-order valence-corrected chi connectivity index (χ2v) is 6.41. The quantitative estimate of drug-likeness (QED) is 0.727. The van der Waals surface area contributed by atoms with E-state index in [1.165, 1.54) is 5.56 Å². The second-order valence-electron chi connectivity index (χ2n) is 4.58. The van der Waals surface area contributed by atoms with E-state index in [9.17, 15) is 0 Å². The van der Waals surface area contributed by atoms with E-state index in [2.05, 4.69) is 50.0 Å². The van der Waals surface area contributed by atoms with E-state index >= 15 is 0 Å². The van der Waals surface area contributed by atoms with Gasteiger partial charge in [-0.05, 0) is 52.7 Å². The number of nitrogens with zero attached hydrogens (tertiary/aromatic N) is 3. The summed E-state index contributed by atoms with van der Waals surface area (Å²) in [5, 5.41) is 5.29. The summed E-state index contributed by atoms with van der Waals surface area (Å²) in [5.74, 6) is 0.947. The maximum absolute atomic E-state index is 4.45. The molecule has 0 fully saturated rings. The molecule has 0 saturated heterocycles. The van der Waals surface area contributed by atoms with Crippen LogP contribution in [0.4, 0.5) is 5.82 Å². The van der Waals surface area contributed by atoms with E-state index in [0.717, 1.165) is 46.1 Å². The van der Waals surface area contributed by atoms with Crippen molar-refractivity contribution < 1.29 is 0 Å². The standard InChI is InChI=1S/C15H19BrN4S/c1-3-6-11-13(17-8-4-2)19-10-20-14(11)21-15-12(16)7-5-9-18-15/h5,7,9-10H,3-4,6,8H2,1-2H3,(H,17,19,20). The van der Waals surface area contributed by atoms with Gasteiger partial charge in [-0.2, -0.15) is 0 Å². The third kappa shape index (κ3) is 4.41. The Morgan fingerprint density at radius 1 is 1.14 bits per heavy atom. The highest BCUT2D eigenvalue weighted by molar-refractivity contribution is 9.10. The molecular weight excluding hydrogens is 348 g/mol. The summed E-state index contributed by atoms with van der Waals surface area (Å²) in [7, 11) is 0. The van der Waals surface area contributed by atoms with Gasteiger partial charge in [-0.15, -0.1) is 0 Å². The molecule has 0 bridgehead atoms. The zero-order chi connectivity index (χ0) is 15.1. The molecule has 4 nitrogen and oxygen atoms in total. The van der Waals surface area contributed by atoms with Crippen LogP contribution in [0.5, 0.6) is 0 Å². The minimum Gasteiger partial charge on any atom is -0.370 e. The Morgan fingerprint density at radius 2 is 2.00 bits per heavy atom. The van der Waals surface area contributed by atoms with Crippen LogP contribution in [0.25, 0.3) is 0 Å². The molecule has 2 rings (SSSR count). The normalized spacial score (nSPS) is 10.6. The Balaban J connectivity index is 2.31. The van der Waals surface area contributed by atoms with Crippen molar-refractivity contribution in [2.45, 2.75) is 43.2 Å². The fourth-order valence-corrected chi connectivity index (χ4v) is 3.27. The molecule has 21 heavy (non-hydrogen) atoms. The Labute approximate surface area is 138 Å². The average Bonchev–Trinajstić information content (AvgIpc) is 2.50. The van der Waals surface area contributed by atoms with Crippen LogP contribution in [0.15, 0.2) is 39.2 Å². The molecule has 112 valence electrons. The summed E-state index contributed by atoms with van der Waals surface area (Å²) in [4.78, 5) is 13.2. The minimum atomic E-state index is 0.922. The van der Waals surface area contributed by atoms with Crippen molar-refractivity contribution in [1.82, 2.24) is 15.0 Å². The predicted molar refractivity (Wildman–Crippen MR) is 90.9 cm³/mol. The van der Waals surface area contributed by atoms with Crippen LogP contribution in [-0.2, 0) is 6.42 Å². The molecular formula is C15H19BrN4S. The highest BCUT2D eigenvalue weighted by Gasteiger charge is 2.13. The first-order chi connectivity index (χ1) is 10.3. The van der Waals surface area contributed by atoms with Crippen molar-refractivity contribution in [3.05, 3.63) is 34.7 Å². The van der Waals surface area contributed by atoms with E-state index in [-0.39, 0.29) is 0 Å². The van der Waals surface area contributed by atoms with E-state index in [0.29, 0.717) is 0 Å². The number of hydrogen-bond acceptors (Lipinski definition) is 5. The van der Waals surface area contributed by atoms with E-state index < -0.39 is 0 Å². The largest absolute Gasteiger partial charge is 0.370 e. The fourth-order valence-electron chi connectivity index (χ4n) is 1.89. The number of pyridine rings is 1. The van der Waals surface area contributed by atoms with Gasteiger partial charge in [-0.25, -0.2) is 15.0 Å². The van der Waals surface area contributed by atoms with Gasteiger partial charge in [0.1, 0.15) is 22.2 Å². The smallest absolute Gasteiger partial charge is 0.133 e. The Bertz CT molecular complexity index is 592. The monoisotopic (exact) mass is 366 g/mol. The first-order valence-electron chi connectivity index (χ1n) is 7.12. The first-order valence-corrected chi connectivity index (χ1v) is 8.73. The van der Waals surface area contributed by atoms with E-state index in [1.54, 1.807) is 24.3 Å². The number of halogens is 1. The zero-order valence-corrected chi connectivity index (χ0v) is 14.7. The maximum atomic E-state index is 4.45. The highest BCUT2D eigenvalue weighted by Crippen LogP contribution is 2.34. The Morgan fingerprint density at radius 3 is 2.71 bits per heavy atom. The Hall–Kier alpha value is -1.14. The molecule has 0 amide bonds. The van der Waals surface area contributed by atoms with Crippen molar-refractivity contribution in [3.63, 3.8) is 0 Å². The summed E-state index contributed by atoms with van der Waals surface area (Å²) >= 11 is 5.11. The van der Waals surface area contributed by atoms with Crippen LogP contribution in [0, 0.1) is 0 Å². The van der Waals surface area contributed by atoms with Gasteiger partial charge in [0.2, 0.25) is 0 Å². The van der Waals surface area contributed by atoms with Gasteiger partial charge in [0.05, 0.1) is 4.47 Å². The van der Waals surface area contributed by atoms with Gasteiger partial charge in [-0.1, -0.05) is 20.3 Å². The molecule has 0 spiro atoms. The van der Waals surface area contributed by atoms with Gasteiger partial charge in [-0.3, -0.25) is 0 Å². The van der Waals surface area contributed by atoms with Crippen LogP contribution in [0.3, 0.4) is 0 Å². The van der Waals surface area contributed by atoms with E-state index in [4.69, 9.17) is 0 Å². The second kappa shape index (κ2) is 8.34. The molecule has 1 N–H and O–H groups in total. The third-order valence-corrected chi connectivity index (χ3v) is 4.83. The molecule has 0 aromatic carbocycles. The minimum absolute atomic E-state index is 0.922.